The molecule has 0 unspecified atom stereocenters. The zero-order chi connectivity index (χ0) is 28.2. The van der Waals surface area contributed by atoms with Gasteiger partial charge in [-0.05, 0) is 30.5 Å². The van der Waals surface area contributed by atoms with E-state index < -0.39 is 23.7 Å². The lowest BCUT2D eigenvalue weighted by molar-refractivity contribution is -0.130. The second-order valence-electron chi connectivity index (χ2n) is 11.1. The monoisotopic (exact) mass is 533 g/mol. The number of unbranched alkanes of at least 4 members (excludes halogenated alkanes) is 11. The van der Waals surface area contributed by atoms with Crippen LogP contribution in [0.25, 0.3) is 0 Å². The average Bonchev–Trinajstić information content (AvgIpc) is 2.88. The van der Waals surface area contributed by atoms with E-state index in [1.165, 1.54) is 57.8 Å². The molecule has 1 aromatic heterocycles. The van der Waals surface area contributed by atoms with Gasteiger partial charge in [-0.15, -0.1) is 0 Å². The van der Waals surface area contributed by atoms with Gasteiger partial charge in [0.2, 0.25) is 5.91 Å². The highest BCUT2D eigenvalue weighted by Gasteiger charge is 2.28. The lowest BCUT2D eigenvalue weighted by atomic mass is 9.95. The van der Waals surface area contributed by atoms with Crippen LogP contribution < -0.4 is 5.32 Å². The van der Waals surface area contributed by atoms with E-state index in [2.05, 4.69) is 17.2 Å². The Labute approximate surface area is 229 Å². The number of carbonyl (C=O) groups is 2. The van der Waals surface area contributed by atoms with Gasteiger partial charge in [-0.1, -0.05) is 104 Å². The first-order valence-electron chi connectivity index (χ1n) is 14.3. The summed E-state index contributed by atoms with van der Waals surface area (Å²) >= 11 is 0. The van der Waals surface area contributed by atoms with Crippen LogP contribution in [0.15, 0.2) is 36.7 Å². The number of rotatable bonds is 19. The third kappa shape index (κ3) is 15.7. The number of aliphatic hydroxyl groups excluding tert-OH is 1. The molecule has 8 nitrogen and oxygen atoms in total. The first-order valence-corrected chi connectivity index (χ1v) is 14.3. The summed E-state index contributed by atoms with van der Waals surface area (Å²) in [5, 5.41) is 24.0. The molecule has 0 aliphatic rings. The van der Waals surface area contributed by atoms with Gasteiger partial charge in [0.05, 0.1) is 18.7 Å². The molecule has 0 fully saturated rings. The second kappa shape index (κ2) is 19.6. The van der Waals surface area contributed by atoms with Crippen molar-refractivity contribution in [3.8, 4) is 0 Å². The van der Waals surface area contributed by atoms with Gasteiger partial charge < -0.3 is 15.2 Å². The average molecular weight is 534 g/mol. The molecule has 0 bridgehead atoms. The first-order chi connectivity index (χ1) is 18.1. The summed E-state index contributed by atoms with van der Waals surface area (Å²) in [5.41, 5.74) is 0.00775. The van der Waals surface area contributed by atoms with Crippen molar-refractivity contribution in [1.82, 2.24) is 15.4 Å². The molecule has 8 heteroatoms. The van der Waals surface area contributed by atoms with Crippen molar-refractivity contribution in [2.45, 2.75) is 123 Å². The molecule has 216 valence electrons. The van der Waals surface area contributed by atoms with Crippen molar-refractivity contribution >= 4 is 12.0 Å². The summed E-state index contributed by atoms with van der Waals surface area (Å²) in [6, 6.07) is 2.51. The Morgan fingerprint density at radius 3 is 2.11 bits per heavy atom. The summed E-state index contributed by atoms with van der Waals surface area (Å²) in [6.45, 7) is 7.20. The lowest BCUT2D eigenvalue weighted by Gasteiger charge is -2.27. The number of pyridine rings is 1. The van der Waals surface area contributed by atoms with E-state index in [0.29, 0.717) is 10.6 Å². The number of aromatic nitrogens is 1. The number of carbonyl (C=O) groups excluding carboxylic acids is 2. The number of nitrogens with one attached hydrogen (secondary N) is 1. The van der Waals surface area contributed by atoms with Crippen molar-refractivity contribution in [2.24, 2.45) is 5.41 Å². The molecule has 1 rings (SSSR count). The van der Waals surface area contributed by atoms with Crippen LogP contribution in [0.5, 0.6) is 0 Å². The molecule has 0 aliphatic heterocycles. The van der Waals surface area contributed by atoms with Gasteiger partial charge in [0.15, 0.2) is 0 Å². The van der Waals surface area contributed by atoms with E-state index >= 15 is 0 Å². The number of aliphatic hydroxyl groups is 1. The van der Waals surface area contributed by atoms with Crippen molar-refractivity contribution in [3.05, 3.63) is 42.2 Å². The maximum atomic E-state index is 12.5. The normalized spacial score (nSPS) is 13.3. The Kier molecular flexibility index (Phi) is 17.3. The SMILES string of the molecule is CCCCCCCCCCCCC/C=C/[C@@H](O)[C@H](COC(=O)N(O)Cc1ccncc1)NC(=O)C(C)(C)C. The minimum Gasteiger partial charge on any atom is -0.446 e. The van der Waals surface area contributed by atoms with Crippen LogP contribution in [0.2, 0.25) is 0 Å². The Balaban J connectivity index is 2.42. The highest BCUT2D eigenvalue weighted by Crippen LogP contribution is 2.15. The smallest absolute Gasteiger partial charge is 0.434 e. The number of amides is 2. The fraction of sp³-hybridized carbons (Fsp3) is 0.700. The molecular formula is C30H51N3O5. The molecule has 0 saturated heterocycles. The topological polar surface area (TPSA) is 112 Å². The van der Waals surface area contributed by atoms with Crippen LogP contribution in [0.3, 0.4) is 0 Å². The first kappa shape index (κ1) is 33.6. The summed E-state index contributed by atoms with van der Waals surface area (Å²) < 4.78 is 5.20. The predicted molar refractivity (Wildman–Crippen MR) is 151 cm³/mol. The number of hydrogen-bond acceptors (Lipinski definition) is 6. The fourth-order valence-corrected chi connectivity index (χ4v) is 3.87. The maximum Gasteiger partial charge on any atom is 0.434 e. The van der Waals surface area contributed by atoms with Gasteiger partial charge in [-0.3, -0.25) is 15.0 Å². The van der Waals surface area contributed by atoms with Crippen molar-refractivity contribution in [1.29, 1.82) is 0 Å². The minimum atomic E-state index is -1.03. The zero-order valence-corrected chi connectivity index (χ0v) is 24.0. The Morgan fingerprint density at radius 1 is 1.00 bits per heavy atom. The van der Waals surface area contributed by atoms with Crippen LogP contribution in [-0.4, -0.2) is 51.1 Å². The highest BCUT2D eigenvalue weighted by molar-refractivity contribution is 5.81. The summed E-state index contributed by atoms with van der Waals surface area (Å²) in [4.78, 5) is 28.7. The molecule has 0 aromatic carbocycles. The largest absolute Gasteiger partial charge is 0.446 e. The van der Waals surface area contributed by atoms with Crippen LogP contribution in [0.4, 0.5) is 4.79 Å². The molecule has 2 amide bonds. The van der Waals surface area contributed by atoms with Gasteiger partial charge in [0.1, 0.15) is 6.61 Å². The number of nitrogens with zero attached hydrogens (tertiary/aromatic N) is 2. The van der Waals surface area contributed by atoms with E-state index in [9.17, 15) is 19.9 Å². The molecule has 0 radical (unpaired) electrons. The van der Waals surface area contributed by atoms with Gasteiger partial charge in [0, 0.05) is 17.8 Å². The van der Waals surface area contributed by atoms with Crippen LogP contribution in [0.1, 0.15) is 110 Å². The molecule has 0 aliphatic carbocycles. The van der Waals surface area contributed by atoms with E-state index in [4.69, 9.17) is 4.74 Å². The number of hydrogen-bond donors (Lipinski definition) is 3. The van der Waals surface area contributed by atoms with E-state index in [0.717, 1.165) is 19.3 Å². The van der Waals surface area contributed by atoms with Gasteiger partial charge >= 0.3 is 6.09 Å². The zero-order valence-electron chi connectivity index (χ0n) is 24.0. The van der Waals surface area contributed by atoms with E-state index in [1.807, 2.05) is 6.08 Å². The second-order valence-corrected chi connectivity index (χ2v) is 11.1. The highest BCUT2D eigenvalue weighted by atomic mass is 16.6. The Morgan fingerprint density at radius 2 is 1.55 bits per heavy atom. The lowest BCUT2D eigenvalue weighted by Crippen LogP contribution is -2.50. The molecule has 0 spiro atoms. The summed E-state index contributed by atoms with van der Waals surface area (Å²) in [6.07, 6.45) is 19.6. The number of ether oxygens (including phenoxy) is 1. The molecule has 1 aromatic rings. The fourth-order valence-electron chi connectivity index (χ4n) is 3.87. The van der Waals surface area contributed by atoms with Crippen LogP contribution in [0, 0.1) is 5.41 Å². The quantitative estimate of drug-likeness (QED) is 0.0804. The molecule has 1 heterocycles. The third-order valence-corrected chi connectivity index (χ3v) is 6.40. The Bertz CT molecular complexity index is 795. The number of hydroxylamine groups is 2. The standard InChI is InChI=1S/C30H51N3O5/c1-5-6-7-8-9-10-11-12-13-14-15-16-17-18-27(34)26(32-28(35)30(2,3)4)24-38-29(36)33(37)23-25-19-21-31-22-20-25/h17-22,26-27,34,37H,5-16,23-24H2,1-4H3,(H,32,35)/b18-17+/t26-,27+/m0/s1. The van der Waals surface area contributed by atoms with E-state index in [1.54, 1.807) is 51.4 Å². The van der Waals surface area contributed by atoms with Gasteiger partial charge in [-0.2, -0.15) is 5.06 Å². The van der Waals surface area contributed by atoms with Gasteiger partial charge in [0.25, 0.3) is 0 Å². The summed E-state index contributed by atoms with van der Waals surface area (Å²) in [7, 11) is 0. The molecule has 3 N–H and O–H groups in total. The van der Waals surface area contributed by atoms with Crippen molar-refractivity contribution in [2.75, 3.05) is 6.61 Å². The van der Waals surface area contributed by atoms with E-state index in [-0.39, 0.29) is 19.1 Å². The molecule has 2 atom stereocenters. The molecule has 0 saturated carbocycles. The maximum absolute atomic E-state index is 12.5. The van der Waals surface area contributed by atoms with Gasteiger partial charge in [-0.25, -0.2) is 4.79 Å². The molecule has 38 heavy (non-hydrogen) atoms. The predicted octanol–water partition coefficient (Wildman–Crippen LogP) is 6.56. The number of allylic oxidation sites excluding steroid dienone is 1. The molecular weight excluding hydrogens is 482 g/mol. The van der Waals surface area contributed by atoms with Crippen LogP contribution in [-0.2, 0) is 16.1 Å². The van der Waals surface area contributed by atoms with Crippen molar-refractivity contribution < 1.29 is 24.6 Å². The minimum absolute atomic E-state index is 0.0677. The van der Waals surface area contributed by atoms with Crippen molar-refractivity contribution in [3.63, 3.8) is 0 Å². The third-order valence-electron chi connectivity index (χ3n) is 6.40. The summed E-state index contributed by atoms with van der Waals surface area (Å²) in [5.74, 6) is -0.269. The Hall–Kier alpha value is -2.45. The van der Waals surface area contributed by atoms with Crippen LogP contribution >= 0.6 is 0 Å².